The molecule has 0 atom stereocenters. The lowest BCUT2D eigenvalue weighted by atomic mass is 10.1. The van der Waals surface area contributed by atoms with Crippen LogP contribution in [0.2, 0.25) is 0 Å². The van der Waals surface area contributed by atoms with Gasteiger partial charge in [0, 0.05) is 34.0 Å². The second kappa shape index (κ2) is 7.95. The first-order valence-corrected chi connectivity index (χ1v) is 9.64. The number of imidazole rings is 1. The number of benzene rings is 3. The molecule has 0 radical (unpaired) electrons. The van der Waals surface area contributed by atoms with Crippen molar-refractivity contribution in [1.82, 2.24) is 9.71 Å². The van der Waals surface area contributed by atoms with Crippen molar-refractivity contribution < 1.29 is 19.7 Å². The zero-order valence-electron chi connectivity index (χ0n) is 17.2. The van der Waals surface area contributed by atoms with Gasteiger partial charge < -0.3 is 10.5 Å². The number of carbonyl (C=O) groups is 2. The van der Waals surface area contributed by atoms with E-state index < -0.39 is 4.92 Å². The number of nitro groups is 1. The molecule has 160 valence electrons. The average molecular weight is 430 g/mol. The summed E-state index contributed by atoms with van der Waals surface area (Å²) in [4.78, 5) is 38.8. The Bertz CT molecular complexity index is 1370. The molecule has 0 spiro atoms. The highest BCUT2D eigenvalue weighted by molar-refractivity contribution is 6.05. The number of carbonyl (C=O) groups excluding carboxylic acids is 2. The van der Waals surface area contributed by atoms with Gasteiger partial charge in [-0.15, -0.1) is 0 Å². The van der Waals surface area contributed by atoms with Crippen LogP contribution >= 0.6 is 0 Å². The highest BCUT2D eigenvalue weighted by atomic mass is 16.6. The summed E-state index contributed by atoms with van der Waals surface area (Å²) in [6, 6.07) is 15.8. The number of nitrogens with one attached hydrogen (secondary N) is 1. The Labute approximate surface area is 182 Å². The van der Waals surface area contributed by atoms with Gasteiger partial charge in [0.15, 0.2) is 11.6 Å². The lowest BCUT2D eigenvalue weighted by Gasteiger charge is -2.07. The van der Waals surface area contributed by atoms with Gasteiger partial charge in [-0.3, -0.25) is 19.7 Å². The molecule has 1 amide bonds. The Kier molecular flexibility index (Phi) is 5.15. The number of fused-ring (bicyclic) bond motifs is 1. The van der Waals surface area contributed by atoms with Crippen molar-refractivity contribution in [3.05, 3.63) is 87.5 Å². The van der Waals surface area contributed by atoms with E-state index in [2.05, 4.69) is 10.3 Å². The molecule has 0 saturated heterocycles. The number of ketones is 1. The van der Waals surface area contributed by atoms with Crippen LogP contribution in [0.15, 0.2) is 60.7 Å². The van der Waals surface area contributed by atoms with E-state index in [0.717, 1.165) is 4.73 Å². The molecule has 0 saturated carbocycles. The lowest BCUT2D eigenvalue weighted by Crippen LogP contribution is -2.12. The summed E-state index contributed by atoms with van der Waals surface area (Å²) in [5.74, 6) is -0.185. The molecule has 4 aromatic rings. The van der Waals surface area contributed by atoms with E-state index in [0.29, 0.717) is 33.5 Å². The summed E-state index contributed by atoms with van der Waals surface area (Å²) in [7, 11) is 0. The number of aryl methyl sites for hydroxylation is 1. The number of rotatable bonds is 5. The summed E-state index contributed by atoms with van der Waals surface area (Å²) >= 11 is 0. The highest BCUT2D eigenvalue weighted by Gasteiger charge is 2.18. The molecular weight excluding hydrogens is 412 g/mol. The minimum atomic E-state index is -0.507. The maximum atomic E-state index is 12.4. The van der Waals surface area contributed by atoms with Crippen molar-refractivity contribution in [2.45, 2.75) is 13.8 Å². The fourth-order valence-corrected chi connectivity index (χ4v) is 3.35. The number of aromatic nitrogens is 2. The van der Waals surface area contributed by atoms with Crippen LogP contribution in [0.4, 0.5) is 11.4 Å². The van der Waals surface area contributed by atoms with E-state index in [-0.39, 0.29) is 28.7 Å². The van der Waals surface area contributed by atoms with Gasteiger partial charge in [0.25, 0.3) is 11.6 Å². The van der Waals surface area contributed by atoms with Crippen LogP contribution in [0.25, 0.3) is 22.4 Å². The number of hydrogen-bond acceptors (Lipinski definition) is 6. The molecule has 32 heavy (non-hydrogen) atoms. The van der Waals surface area contributed by atoms with Crippen LogP contribution in [-0.4, -0.2) is 31.5 Å². The number of nitrogens with zero attached hydrogens (tertiary/aromatic N) is 3. The maximum absolute atomic E-state index is 12.4. The Morgan fingerprint density at radius 2 is 1.66 bits per heavy atom. The number of anilines is 1. The van der Waals surface area contributed by atoms with Gasteiger partial charge in [-0.05, 0) is 56.3 Å². The molecule has 9 heteroatoms. The topological polar surface area (TPSA) is 127 Å². The standard InChI is InChI=1S/C23H18N4O5/c1-13-11-19-21(12-20(13)27(31)32)26(30)22(25-19)16-7-9-18(10-8-16)24-23(29)17-5-3-15(4-6-17)14(2)28/h3-12,30H,1-2H3,(H,24,29). The predicted molar refractivity (Wildman–Crippen MR) is 118 cm³/mol. The van der Waals surface area contributed by atoms with Crippen molar-refractivity contribution in [2.75, 3.05) is 5.32 Å². The van der Waals surface area contributed by atoms with Crippen LogP contribution in [0.5, 0.6) is 0 Å². The van der Waals surface area contributed by atoms with Gasteiger partial charge in [-0.1, -0.05) is 12.1 Å². The zero-order chi connectivity index (χ0) is 23.0. The van der Waals surface area contributed by atoms with Crippen LogP contribution in [0.1, 0.15) is 33.2 Å². The van der Waals surface area contributed by atoms with Gasteiger partial charge in [0.05, 0.1) is 10.4 Å². The van der Waals surface area contributed by atoms with Crippen molar-refractivity contribution in [1.29, 1.82) is 0 Å². The van der Waals surface area contributed by atoms with Gasteiger partial charge in [-0.2, -0.15) is 4.73 Å². The highest BCUT2D eigenvalue weighted by Crippen LogP contribution is 2.29. The molecule has 0 bridgehead atoms. The van der Waals surface area contributed by atoms with Gasteiger partial charge in [0.1, 0.15) is 5.52 Å². The SMILES string of the molecule is CC(=O)c1ccc(C(=O)Nc2ccc(-c3nc4cc(C)c([N+](=O)[O-])cc4n3O)cc2)cc1. The summed E-state index contributed by atoms with van der Waals surface area (Å²) in [6.07, 6.45) is 0. The summed E-state index contributed by atoms with van der Waals surface area (Å²) in [6.45, 7) is 3.07. The molecule has 0 aliphatic carbocycles. The Morgan fingerprint density at radius 3 is 2.25 bits per heavy atom. The van der Waals surface area contributed by atoms with E-state index in [1.165, 1.54) is 13.0 Å². The van der Waals surface area contributed by atoms with E-state index >= 15 is 0 Å². The van der Waals surface area contributed by atoms with E-state index in [9.17, 15) is 24.9 Å². The predicted octanol–water partition coefficient (Wildman–Crippen LogP) is 4.61. The van der Waals surface area contributed by atoms with Crippen LogP contribution < -0.4 is 5.32 Å². The largest absolute Gasteiger partial charge is 0.426 e. The van der Waals surface area contributed by atoms with E-state index in [1.807, 2.05) is 0 Å². The molecule has 2 N–H and O–H groups in total. The molecule has 0 aliphatic rings. The third-order valence-electron chi connectivity index (χ3n) is 5.10. The Morgan fingerprint density at radius 1 is 1.03 bits per heavy atom. The first kappa shape index (κ1) is 20.7. The lowest BCUT2D eigenvalue weighted by molar-refractivity contribution is -0.385. The minimum Gasteiger partial charge on any atom is -0.426 e. The Hall–Kier alpha value is -4.53. The van der Waals surface area contributed by atoms with Crippen LogP contribution in [-0.2, 0) is 0 Å². The number of nitro benzene ring substituents is 1. The first-order valence-electron chi connectivity index (χ1n) is 9.64. The van der Waals surface area contributed by atoms with Gasteiger partial charge >= 0.3 is 0 Å². The summed E-state index contributed by atoms with van der Waals surface area (Å²) in [5, 5.41) is 24.4. The van der Waals surface area contributed by atoms with E-state index in [4.69, 9.17) is 0 Å². The van der Waals surface area contributed by atoms with Crippen molar-refractivity contribution in [3.63, 3.8) is 0 Å². The number of hydrogen-bond donors (Lipinski definition) is 2. The molecule has 4 rings (SSSR count). The molecule has 1 aromatic heterocycles. The van der Waals surface area contributed by atoms with Crippen molar-refractivity contribution >= 4 is 34.1 Å². The summed E-state index contributed by atoms with van der Waals surface area (Å²) < 4.78 is 0.811. The fourth-order valence-electron chi connectivity index (χ4n) is 3.35. The number of Topliss-reactive ketones (excluding diaryl/α,β-unsaturated/α-hetero) is 1. The molecular formula is C23H18N4O5. The maximum Gasteiger partial charge on any atom is 0.274 e. The van der Waals surface area contributed by atoms with E-state index in [1.54, 1.807) is 61.5 Å². The fraction of sp³-hybridized carbons (Fsp3) is 0.0870. The Balaban J connectivity index is 1.57. The average Bonchev–Trinajstić information content (AvgIpc) is 3.08. The third kappa shape index (κ3) is 3.79. The normalized spacial score (nSPS) is 10.8. The van der Waals surface area contributed by atoms with Gasteiger partial charge in [-0.25, -0.2) is 4.98 Å². The minimum absolute atomic E-state index is 0.0767. The number of amides is 1. The quantitative estimate of drug-likeness (QED) is 0.206. The van der Waals surface area contributed by atoms with Crippen molar-refractivity contribution in [3.8, 4) is 11.4 Å². The second-order valence-corrected chi connectivity index (χ2v) is 7.30. The molecule has 0 unspecified atom stereocenters. The monoisotopic (exact) mass is 430 g/mol. The van der Waals surface area contributed by atoms with Crippen LogP contribution in [0, 0.1) is 17.0 Å². The zero-order valence-corrected chi connectivity index (χ0v) is 17.2. The third-order valence-corrected chi connectivity index (χ3v) is 5.10. The van der Waals surface area contributed by atoms with Gasteiger partial charge in [0.2, 0.25) is 0 Å². The smallest absolute Gasteiger partial charge is 0.274 e. The van der Waals surface area contributed by atoms with Crippen molar-refractivity contribution in [2.24, 2.45) is 0 Å². The first-order chi connectivity index (χ1) is 15.2. The second-order valence-electron chi connectivity index (χ2n) is 7.30. The molecule has 1 heterocycles. The molecule has 0 fully saturated rings. The summed E-state index contributed by atoms with van der Waals surface area (Å²) in [5.41, 5.74) is 3.02. The van der Waals surface area contributed by atoms with Crippen LogP contribution in [0.3, 0.4) is 0 Å². The molecule has 0 aliphatic heterocycles. The molecule has 3 aromatic carbocycles. The molecule has 9 nitrogen and oxygen atoms in total.